The Bertz CT molecular complexity index is 179. The zero-order valence-corrected chi connectivity index (χ0v) is 8.38. The fourth-order valence-corrected chi connectivity index (χ4v) is 2.33. The average Bonchev–Trinajstić information content (AvgIpc) is 2.50. The molecule has 0 saturated carbocycles. The van der Waals surface area contributed by atoms with E-state index >= 15 is 0 Å². The third-order valence-corrected chi connectivity index (χ3v) is 3.31. The van der Waals surface area contributed by atoms with Crippen LogP contribution in [0.15, 0.2) is 9.85 Å². The van der Waals surface area contributed by atoms with Crippen molar-refractivity contribution < 1.29 is 0 Å². The van der Waals surface area contributed by atoms with Gasteiger partial charge in [-0.15, -0.1) is 21.8 Å². The molecule has 0 bridgehead atoms. The summed E-state index contributed by atoms with van der Waals surface area (Å²) in [6.07, 6.45) is 2.25. The minimum Gasteiger partial charge on any atom is -0.146 e. The van der Waals surface area contributed by atoms with Crippen LogP contribution in [0.4, 0.5) is 0 Å². The molecule has 0 atom stereocenters. The summed E-state index contributed by atoms with van der Waals surface area (Å²) in [6, 6.07) is 0. The molecular formula is C6H9ClN2S2. The molecule has 0 saturated heterocycles. The molecule has 0 spiro atoms. The Kier molecular flexibility index (Phi) is 4.90. The highest BCUT2D eigenvalue weighted by Crippen LogP contribution is 2.19. The van der Waals surface area contributed by atoms with Gasteiger partial charge in [0.1, 0.15) is 5.51 Å². The van der Waals surface area contributed by atoms with E-state index in [4.69, 9.17) is 11.6 Å². The summed E-state index contributed by atoms with van der Waals surface area (Å²) in [5.41, 5.74) is 1.75. The lowest BCUT2D eigenvalue weighted by atomic mass is 10.4. The Balaban J connectivity index is 2.04. The van der Waals surface area contributed by atoms with Gasteiger partial charge < -0.3 is 0 Å². The van der Waals surface area contributed by atoms with E-state index in [1.165, 1.54) is 0 Å². The molecule has 1 heterocycles. The molecule has 5 heteroatoms. The van der Waals surface area contributed by atoms with Crippen LogP contribution in [0.3, 0.4) is 0 Å². The lowest BCUT2D eigenvalue weighted by molar-refractivity contribution is 0.900. The van der Waals surface area contributed by atoms with E-state index in [9.17, 15) is 0 Å². The second kappa shape index (κ2) is 5.80. The van der Waals surface area contributed by atoms with Crippen molar-refractivity contribution in [2.75, 3.05) is 11.6 Å². The maximum absolute atomic E-state index is 5.53. The average molecular weight is 209 g/mol. The first-order chi connectivity index (χ1) is 5.43. The van der Waals surface area contributed by atoms with E-state index in [0.717, 1.165) is 28.8 Å². The normalized spacial score (nSPS) is 10.3. The number of halogens is 1. The van der Waals surface area contributed by atoms with Crippen molar-refractivity contribution >= 4 is 34.7 Å². The van der Waals surface area contributed by atoms with Crippen molar-refractivity contribution in [2.45, 2.75) is 17.2 Å². The van der Waals surface area contributed by atoms with Crippen molar-refractivity contribution in [3.8, 4) is 0 Å². The Morgan fingerprint density at radius 2 is 2.45 bits per heavy atom. The van der Waals surface area contributed by atoms with Gasteiger partial charge in [-0.1, -0.05) is 23.1 Å². The van der Waals surface area contributed by atoms with Gasteiger partial charge in [0.15, 0.2) is 4.34 Å². The number of alkyl halides is 1. The number of nitrogens with zero attached hydrogens (tertiary/aromatic N) is 2. The summed E-state index contributed by atoms with van der Waals surface area (Å²) in [5, 5.41) is 7.66. The minimum atomic E-state index is 0.761. The molecule has 1 rings (SSSR count). The van der Waals surface area contributed by atoms with E-state index in [1.807, 2.05) is 0 Å². The standard InChI is InChI=1S/C6H9ClN2S2/c7-3-1-2-4-10-6-9-8-5-11-6/h5H,1-4H2. The molecule has 1 aromatic rings. The highest BCUT2D eigenvalue weighted by atomic mass is 35.5. The fourth-order valence-electron chi connectivity index (χ4n) is 0.582. The first kappa shape index (κ1) is 9.29. The van der Waals surface area contributed by atoms with Crippen molar-refractivity contribution in [2.24, 2.45) is 0 Å². The van der Waals surface area contributed by atoms with Crippen LogP contribution in [0.25, 0.3) is 0 Å². The van der Waals surface area contributed by atoms with Crippen molar-refractivity contribution in [1.82, 2.24) is 10.2 Å². The maximum Gasteiger partial charge on any atom is 0.174 e. The molecule has 2 nitrogen and oxygen atoms in total. The zero-order valence-electron chi connectivity index (χ0n) is 5.99. The molecule has 1 aromatic heterocycles. The smallest absolute Gasteiger partial charge is 0.146 e. The Morgan fingerprint density at radius 3 is 3.09 bits per heavy atom. The maximum atomic E-state index is 5.53. The van der Waals surface area contributed by atoms with Crippen LogP contribution in [0, 0.1) is 0 Å². The molecule has 0 aliphatic rings. The van der Waals surface area contributed by atoms with Crippen LogP contribution < -0.4 is 0 Å². The highest BCUT2D eigenvalue weighted by molar-refractivity contribution is 8.00. The molecule has 0 radical (unpaired) electrons. The molecule has 11 heavy (non-hydrogen) atoms. The predicted octanol–water partition coefficient (Wildman–Crippen LogP) is 2.65. The van der Waals surface area contributed by atoms with Gasteiger partial charge in [-0.25, -0.2) is 0 Å². The number of hydrogen-bond donors (Lipinski definition) is 0. The molecule has 0 N–H and O–H groups in total. The zero-order chi connectivity index (χ0) is 7.94. The van der Waals surface area contributed by atoms with Crippen LogP contribution in [-0.2, 0) is 0 Å². The highest BCUT2D eigenvalue weighted by Gasteiger charge is 1.95. The monoisotopic (exact) mass is 208 g/mol. The minimum absolute atomic E-state index is 0.761. The van der Waals surface area contributed by atoms with Gasteiger partial charge in [0, 0.05) is 11.6 Å². The summed E-state index contributed by atoms with van der Waals surface area (Å²) in [6.45, 7) is 0. The van der Waals surface area contributed by atoms with Gasteiger partial charge >= 0.3 is 0 Å². The third-order valence-electron chi connectivity index (χ3n) is 1.09. The summed E-state index contributed by atoms with van der Waals surface area (Å²) >= 11 is 8.87. The lowest BCUT2D eigenvalue weighted by Crippen LogP contribution is -1.81. The third kappa shape index (κ3) is 3.94. The first-order valence-electron chi connectivity index (χ1n) is 3.38. The lowest BCUT2D eigenvalue weighted by Gasteiger charge is -1.93. The molecule has 0 fully saturated rings. The van der Waals surface area contributed by atoms with Gasteiger partial charge in [0.05, 0.1) is 0 Å². The van der Waals surface area contributed by atoms with Crippen LogP contribution in [0.2, 0.25) is 0 Å². The van der Waals surface area contributed by atoms with E-state index in [1.54, 1.807) is 28.6 Å². The Morgan fingerprint density at radius 1 is 1.55 bits per heavy atom. The van der Waals surface area contributed by atoms with Crippen LogP contribution in [0.1, 0.15) is 12.8 Å². The fraction of sp³-hybridized carbons (Fsp3) is 0.667. The molecule has 0 aromatic carbocycles. The first-order valence-corrected chi connectivity index (χ1v) is 5.78. The van der Waals surface area contributed by atoms with E-state index in [2.05, 4.69) is 10.2 Å². The van der Waals surface area contributed by atoms with E-state index in [-0.39, 0.29) is 0 Å². The Labute approximate surface area is 79.4 Å². The van der Waals surface area contributed by atoms with Crippen LogP contribution in [-0.4, -0.2) is 21.8 Å². The number of rotatable bonds is 5. The molecule has 62 valence electrons. The summed E-state index contributed by atoms with van der Waals surface area (Å²) in [5.74, 6) is 1.86. The molecule has 0 aliphatic heterocycles. The van der Waals surface area contributed by atoms with Gasteiger partial charge in [0.25, 0.3) is 0 Å². The van der Waals surface area contributed by atoms with E-state index < -0.39 is 0 Å². The largest absolute Gasteiger partial charge is 0.174 e. The number of aromatic nitrogens is 2. The van der Waals surface area contributed by atoms with Crippen molar-refractivity contribution in [3.63, 3.8) is 0 Å². The van der Waals surface area contributed by atoms with Crippen LogP contribution >= 0.6 is 34.7 Å². The molecule has 0 amide bonds. The second-order valence-corrected chi connectivity index (χ2v) is 4.50. The summed E-state index contributed by atoms with van der Waals surface area (Å²) < 4.78 is 1.06. The number of hydrogen-bond acceptors (Lipinski definition) is 4. The van der Waals surface area contributed by atoms with Gasteiger partial charge in [-0.05, 0) is 12.8 Å². The number of unbranched alkanes of at least 4 members (excludes halogenated alkanes) is 1. The second-order valence-electron chi connectivity index (χ2n) is 1.95. The molecular weight excluding hydrogens is 200 g/mol. The number of thioether (sulfide) groups is 1. The summed E-state index contributed by atoms with van der Waals surface area (Å²) in [7, 11) is 0. The predicted molar refractivity (Wildman–Crippen MR) is 50.6 cm³/mol. The topological polar surface area (TPSA) is 25.8 Å². The summed E-state index contributed by atoms with van der Waals surface area (Å²) in [4.78, 5) is 0. The van der Waals surface area contributed by atoms with Crippen LogP contribution in [0.5, 0.6) is 0 Å². The quantitative estimate of drug-likeness (QED) is 0.423. The van der Waals surface area contributed by atoms with Crippen molar-refractivity contribution in [1.29, 1.82) is 0 Å². The van der Waals surface area contributed by atoms with Gasteiger partial charge in [0.2, 0.25) is 0 Å². The molecule has 0 aliphatic carbocycles. The van der Waals surface area contributed by atoms with Gasteiger partial charge in [-0.3, -0.25) is 0 Å². The van der Waals surface area contributed by atoms with Gasteiger partial charge in [-0.2, -0.15) is 0 Å². The van der Waals surface area contributed by atoms with E-state index in [0.29, 0.717) is 0 Å². The Hall–Kier alpha value is 0.200. The van der Waals surface area contributed by atoms with Crippen molar-refractivity contribution in [3.05, 3.63) is 5.51 Å². The SMILES string of the molecule is ClCCCCSc1nncs1. The molecule has 0 unspecified atom stereocenters.